The Morgan fingerprint density at radius 1 is 1.07 bits per heavy atom. The van der Waals surface area contributed by atoms with Crippen molar-refractivity contribution in [2.45, 2.75) is 13.0 Å². The zero-order valence-electron chi connectivity index (χ0n) is 15.4. The predicted molar refractivity (Wildman–Crippen MR) is 113 cm³/mol. The van der Waals surface area contributed by atoms with Crippen LogP contribution in [0.4, 0.5) is 0 Å². The molecule has 6 nitrogen and oxygen atoms in total. The van der Waals surface area contributed by atoms with Crippen LogP contribution in [0.2, 0.25) is 0 Å². The van der Waals surface area contributed by atoms with Gasteiger partial charge in [-0.3, -0.25) is 9.59 Å². The first-order valence-electron chi connectivity index (χ1n) is 9.08. The summed E-state index contributed by atoms with van der Waals surface area (Å²) >= 11 is 1.14. The van der Waals surface area contributed by atoms with Crippen molar-refractivity contribution in [3.8, 4) is 17.0 Å². The Bertz CT molecular complexity index is 1440. The highest BCUT2D eigenvalue weighted by Crippen LogP contribution is 2.29. The molecule has 7 heteroatoms. The predicted octanol–water partition coefficient (Wildman–Crippen LogP) is 2.54. The number of ether oxygens (including phenoxy) is 1. The van der Waals surface area contributed by atoms with Crippen molar-refractivity contribution < 1.29 is 4.74 Å². The molecule has 29 heavy (non-hydrogen) atoms. The van der Waals surface area contributed by atoms with Crippen LogP contribution in [0.3, 0.4) is 0 Å². The first-order valence-corrected chi connectivity index (χ1v) is 9.90. The van der Waals surface area contributed by atoms with Crippen molar-refractivity contribution in [1.82, 2.24) is 14.6 Å². The van der Waals surface area contributed by atoms with Crippen LogP contribution < -0.4 is 20.4 Å². The quantitative estimate of drug-likeness (QED) is 0.516. The molecule has 1 aliphatic heterocycles. The maximum atomic E-state index is 12.9. The van der Waals surface area contributed by atoms with Crippen molar-refractivity contribution >= 4 is 28.4 Å². The van der Waals surface area contributed by atoms with Crippen molar-refractivity contribution in [1.29, 1.82) is 0 Å². The van der Waals surface area contributed by atoms with Crippen LogP contribution in [-0.2, 0) is 0 Å². The molecule has 0 aliphatic carbocycles. The summed E-state index contributed by atoms with van der Waals surface area (Å²) in [7, 11) is 0. The molecule has 142 valence electrons. The minimum atomic E-state index is -0.452. The average Bonchev–Trinajstić information content (AvgIpc) is 3.03. The van der Waals surface area contributed by atoms with Crippen LogP contribution >= 0.6 is 11.3 Å². The van der Waals surface area contributed by atoms with Crippen LogP contribution in [0.5, 0.6) is 5.75 Å². The van der Waals surface area contributed by atoms with Gasteiger partial charge in [0.25, 0.3) is 5.56 Å². The normalized spacial score (nSPS) is 16.4. The lowest BCUT2D eigenvalue weighted by Gasteiger charge is -2.22. The molecular weight excluding hydrogens is 386 g/mol. The molecule has 0 amide bonds. The minimum Gasteiger partial charge on any atom is -0.485 e. The van der Waals surface area contributed by atoms with Gasteiger partial charge in [0.2, 0.25) is 4.96 Å². The van der Waals surface area contributed by atoms with Gasteiger partial charge in [0, 0.05) is 11.1 Å². The molecule has 3 heterocycles. The third-order valence-corrected chi connectivity index (χ3v) is 5.70. The number of nitrogens with zero attached hydrogens (tertiary/aromatic N) is 3. The summed E-state index contributed by atoms with van der Waals surface area (Å²) < 4.78 is 7.59. The van der Waals surface area contributed by atoms with Crippen LogP contribution in [0.1, 0.15) is 12.5 Å². The Balaban J connectivity index is 1.67. The largest absolute Gasteiger partial charge is 0.485 e. The lowest BCUT2D eigenvalue weighted by Crippen LogP contribution is -2.28. The maximum Gasteiger partial charge on any atom is 0.300 e. The third kappa shape index (κ3) is 3.05. The number of hydrogen-bond donors (Lipinski definition) is 0. The topological polar surface area (TPSA) is 73.6 Å². The summed E-state index contributed by atoms with van der Waals surface area (Å²) in [5.74, 6) is 0.817. The molecule has 0 spiro atoms. The molecule has 0 unspecified atom stereocenters. The zero-order chi connectivity index (χ0) is 20.0. The maximum absolute atomic E-state index is 12.9. The highest BCUT2D eigenvalue weighted by Gasteiger charge is 2.18. The van der Waals surface area contributed by atoms with Gasteiger partial charge < -0.3 is 4.74 Å². The minimum absolute atomic E-state index is 0.159. The van der Waals surface area contributed by atoms with Gasteiger partial charge in [-0.25, -0.2) is 0 Å². The van der Waals surface area contributed by atoms with Gasteiger partial charge in [-0.2, -0.15) is 14.6 Å². The van der Waals surface area contributed by atoms with E-state index in [0.717, 1.165) is 28.2 Å². The zero-order valence-corrected chi connectivity index (χ0v) is 16.2. The van der Waals surface area contributed by atoms with Crippen LogP contribution in [0.15, 0.2) is 69.8 Å². The second-order valence-corrected chi connectivity index (χ2v) is 7.69. The first-order chi connectivity index (χ1) is 14.1. The summed E-state index contributed by atoms with van der Waals surface area (Å²) in [6.07, 6.45) is 3.60. The Kier molecular flexibility index (Phi) is 4.10. The molecule has 0 N–H and O–H groups in total. The number of benzene rings is 2. The number of rotatable bonds is 2. The van der Waals surface area contributed by atoms with Crippen molar-refractivity contribution in [3.05, 3.63) is 91.0 Å². The fourth-order valence-electron chi connectivity index (χ4n) is 3.26. The molecule has 0 radical (unpaired) electrons. The molecule has 2 aromatic carbocycles. The number of aromatic nitrogens is 3. The Labute approximate surface area is 169 Å². The molecule has 0 saturated heterocycles. The molecule has 1 atom stereocenters. The van der Waals surface area contributed by atoms with E-state index >= 15 is 0 Å². The number of thiazole rings is 1. The summed E-state index contributed by atoms with van der Waals surface area (Å²) in [5, 5.41) is 4.28. The number of hydrogen-bond acceptors (Lipinski definition) is 6. The van der Waals surface area contributed by atoms with Crippen LogP contribution in [0.25, 0.3) is 28.4 Å². The Hall–Kier alpha value is -3.58. The lowest BCUT2D eigenvalue weighted by molar-refractivity contribution is 0.259. The molecule has 0 bridgehead atoms. The van der Waals surface area contributed by atoms with E-state index in [1.54, 1.807) is 18.2 Å². The summed E-state index contributed by atoms with van der Waals surface area (Å²) in [6.45, 7) is 1.93. The number of para-hydroxylation sites is 1. The Morgan fingerprint density at radius 3 is 2.66 bits per heavy atom. The van der Waals surface area contributed by atoms with E-state index in [2.05, 4.69) is 10.1 Å². The summed E-state index contributed by atoms with van der Waals surface area (Å²) in [6, 6.07) is 16.8. The lowest BCUT2D eigenvalue weighted by atomic mass is 10.0. The van der Waals surface area contributed by atoms with E-state index in [1.807, 2.05) is 55.5 Å². The van der Waals surface area contributed by atoms with Gasteiger partial charge in [0.05, 0.1) is 4.53 Å². The highest BCUT2D eigenvalue weighted by molar-refractivity contribution is 7.15. The average molecular weight is 401 g/mol. The van der Waals surface area contributed by atoms with Gasteiger partial charge in [-0.1, -0.05) is 59.9 Å². The van der Waals surface area contributed by atoms with Crippen molar-refractivity contribution in [2.24, 2.45) is 0 Å². The second-order valence-electron chi connectivity index (χ2n) is 6.68. The third-order valence-electron chi connectivity index (χ3n) is 4.74. The molecule has 0 saturated carbocycles. The van der Waals surface area contributed by atoms with Gasteiger partial charge in [0.15, 0.2) is 5.69 Å². The van der Waals surface area contributed by atoms with Gasteiger partial charge in [-0.05, 0) is 30.7 Å². The fraction of sp³-hybridized carbons (Fsp3) is 0.0909. The van der Waals surface area contributed by atoms with E-state index in [-0.39, 0.29) is 22.3 Å². The standard InChI is InChI=1S/C22H15N3O3S/c1-13-16(11-15-9-5-6-10-17(15)28-13)12-18-21(27)25-22(29-18)23-20(26)19(24-25)14-7-3-2-4-8-14/h2-13H,1H3/t13-/m1/s1. The first kappa shape index (κ1) is 17.5. The van der Waals surface area contributed by atoms with E-state index in [0.29, 0.717) is 10.1 Å². The molecule has 1 aliphatic rings. The number of fused-ring (bicyclic) bond motifs is 2. The van der Waals surface area contributed by atoms with E-state index in [4.69, 9.17) is 4.74 Å². The molecular formula is C22H15N3O3S. The van der Waals surface area contributed by atoms with Gasteiger partial charge >= 0.3 is 5.56 Å². The summed E-state index contributed by atoms with van der Waals surface area (Å²) in [5.41, 5.74) is 1.87. The highest BCUT2D eigenvalue weighted by atomic mass is 32.1. The molecule has 4 aromatic rings. The molecule has 0 fully saturated rings. The molecule has 2 aromatic heterocycles. The fourth-order valence-corrected chi connectivity index (χ4v) is 4.16. The van der Waals surface area contributed by atoms with Crippen molar-refractivity contribution in [3.63, 3.8) is 0 Å². The SMILES string of the molecule is C[C@H]1Oc2ccccc2C=C1C=c1sc2nc(=O)c(-c3ccccc3)nn2c1=O. The van der Waals surface area contributed by atoms with Crippen molar-refractivity contribution in [2.75, 3.05) is 0 Å². The van der Waals surface area contributed by atoms with Crippen LogP contribution in [0, 0.1) is 0 Å². The second kappa shape index (κ2) is 6.79. The van der Waals surface area contributed by atoms with Gasteiger partial charge in [0.1, 0.15) is 11.9 Å². The smallest absolute Gasteiger partial charge is 0.300 e. The van der Waals surface area contributed by atoms with E-state index in [9.17, 15) is 9.59 Å². The monoisotopic (exact) mass is 401 g/mol. The van der Waals surface area contributed by atoms with Gasteiger partial charge in [-0.15, -0.1) is 0 Å². The Morgan fingerprint density at radius 2 is 1.83 bits per heavy atom. The summed E-state index contributed by atoms with van der Waals surface area (Å²) in [4.78, 5) is 29.7. The van der Waals surface area contributed by atoms with E-state index in [1.165, 1.54) is 4.52 Å². The van der Waals surface area contributed by atoms with E-state index < -0.39 is 5.56 Å². The van der Waals surface area contributed by atoms with Crippen LogP contribution in [-0.4, -0.2) is 20.7 Å². The molecule has 5 rings (SSSR count).